The van der Waals surface area contributed by atoms with Gasteiger partial charge >= 0.3 is 0 Å². The third-order valence-electron chi connectivity index (χ3n) is 2.72. The van der Waals surface area contributed by atoms with Gasteiger partial charge in [-0.15, -0.1) is 10.2 Å². The van der Waals surface area contributed by atoms with Crippen molar-refractivity contribution < 1.29 is 0 Å². The van der Waals surface area contributed by atoms with Crippen molar-refractivity contribution in [3.05, 3.63) is 46.5 Å². The maximum atomic E-state index is 11.9. The van der Waals surface area contributed by atoms with Crippen LogP contribution in [0.4, 0.5) is 5.69 Å². The lowest BCUT2D eigenvalue weighted by Crippen LogP contribution is -2.07. The summed E-state index contributed by atoms with van der Waals surface area (Å²) in [4.78, 5) is 14.9. The van der Waals surface area contributed by atoms with Crippen LogP contribution in [0.1, 0.15) is 5.69 Å². The number of hydrogen-bond donors (Lipinski definition) is 2. The van der Waals surface area contributed by atoms with E-state index in [0.717, 1.165) is 5.69 Å². The number of hydrogen-bond acceptors (Lipinski definition) is 4. The van der Waals surface area contributed by atoms with Gasteiger partial charge in [0.1, 0.15) is 0 Å². The van der Waals surface area contributed by atoms with Gasteiger partial charge in [-0.2, -0.15) is 0 Å². The van der Waals surface area contributed by atoms with Crippen molar-refractivity contribution in [2.45, 2.75) is 6.92 Å². The van der Waals surface area contributed by atoms with Crippen molar-refractivity contribution in [1.82, 2.24) is 19.6 Å². The second-order valence-corrected chi connectivity index (χ2v) is 4.11. The molecule has 6 nitrogen and oxygen atoms in total. The molecule has 0 fully saturated rings. The normalized spacial score (nSPS) is 10.9. The molecule has 0 aliphatic carbocycles. The molecule has 0 amide bonds. The van der Waals surface area contributed by atoms with Crippen molar-refractivity contribution in [2.75, 3.05) is 5.73 Å². The average Bonchev–Trinajstić information content (AvgIpc) is 2.72. The third-order valence-corrected chi connectivity index (χ3v) is 2.72. The van der Waals surface area contributed by atoms with Crippen molar-refractivity contribution in [3.8, 4) is 11.4 Å². The minimum absolute atomic E-state index is 0.0945. The zero-order chi connectivity index (χ0) is 12.7. The molecule has 0 saturated heterocycles. The van der Waals surface area contributed by atoms with Crippen LogP contribution in [0.2, 0.25) is 0 Å². The maximum Gasteiger partial charge on any atom is 0.192 e. The molecule has 0 radical (unpaired) electrons. The zero-order valence-corrected chi connectivity index (χ0v) is 9.71. The average molecular weight is 241 g/mol. The molecule has 0 bridgehead atoms. The fraction of sp³-hybridized carbons (Fsp3) is 0.0833. The number of nitrogens with one attached hydrogen (secondary N) is 1. The molecule has 0 aliphatic rings. The van der Waals surface area contributed by atoms with E-state index in [1.807, 2.05) is 6.92 Å². The summed E-state index contributed by atoms with van der Waals surface area (Å²) in [7, 11) is 0. The van der Waals surface area contributed by atoms with E-state index >= 15 is 0 Å². The Kier molecular flexibility index (Phi) is 2.16. The highest BCUT2D eigenvalue weighted by Gasteiger charge is 2.11. The first kappa shape index (κ1) is 10.5. The molecule has 18 heavy (non-hydrogen) atoms. The van der Waals surface area contributed by atoms with E-state index in [4.69, 9.17) is 5.73 Å². The van der Waals surface area contributed by atoms with E-state index in [1.165, 1.54) is 6.07 Å². The van der Waals surface area contributed by atoms with Crippen LogP contribution in [0.25, 0.3) is 17.0 Å². The van der Waals surface area contributed by atoms with Crippen molar-refractivity contribution >= 4 is 11.3 Å². The topological polar surface area (TPSA) is 89.1 Å². The van der Waals surface area contributed by atoms with Gasteiger partial charge < -0.3 is 10.7 Å². The first-order valence-corrected chi connectivity index (χ1v) is 5.45. The van der Waals surface area contributed by atoms with E-state index in [0.29, 0.717) is 22.7 Å². The van der Waals surface area contributed by atoms with Gasteiger partial charge in [-0.3, -0.25) is 9.20 Å². The van der Waals surface area contributed by atoms with Gasteiger partial charge in [-0.25, -0.2) is 0 Å². The van der Waals surface area contributed by atoms with Crippen LogP contribution in [0, 0.1) is 6.92 Å². The monoisotopic (exact) mass is 241 g/mol. The molecule has 0 unspecified atom stereocenters. The Hall–Kier alpha value is -2.63. The number of aromatic amines is 1. The van der Waals surface area contributed by atoms with Crippen molar-refractivity contribution in [2.24, 2.45) is 0 Å². The molecule has 3 aromatic rings. The largest absolute Gasteiger partial charge is 0.398 e. The Bertz CT molecular complexity index is 787. The van der Waals surface area contributed by atoms with Gasteiger partial charge in [0.25, 0.3) is 0 Å². The van der Waals surface area contributed by atoms with Crippen molar-refractivity contribution in [1.29, 1.82) is 0 Å². The van der Waals surface area contributed by atoms with Crippen LogP contribution < -0.4 is 11.2 Å². The van der Waals surface area contributed by atoms with E-state index in [-0.39, 0.29) is 5.43 Å². The Morgan fingerprint density at radius 1 is 1.33 bits per heavy atom. The number of anilines is 1. The molecule has 6 heteroatoms. The summed E-state index contributed by atoms with van der Waals surface area (Å²) in [5.41, 5.74) is 8.15. The molecule has 0 saturated carbocycles. The minimum Gasteiger partial charge on any atom is -0.398 e. The second kappa shape index (κ2) is 3.69. The first-order valence-electron chi connectivity index (χ1n) is 5.45. The van der Waals surface area contributed by atoms with Gasteiger partial charge in [-0.1, -0.05) is 0 Å². The SMILES string of the molecule is Cc1cc(=O)c(-c2nnc3ccc(N)cn23)c[nH]1. The highest BCUT2D eigenvalue weighted by Crippen LogP contribution is 2.15. The molecular formula is C12H11N5O. The lowest BCUT2D eigenvalue weighted by molar-refractivity contribution is 1.09. The van der Waals surface area contributed by atoms with Crippen LogP contribution >= 0.6 is 0 Å². The summed E-state index contributed by atoms with van der Waals surface area (Å²) >= 11 is 0. The van der Waals surface area contributed by atoms with Gasteiger partial charge in [0.05, 0.1) is 5.56 Å². The number of nitrogens with zero attached hydrogens (tertiary/aromatic N) is 3. The molecule has 0 aromatic carbocycles. The molecule has 90 valence electrons. The van der Waals surface area contributed by atoms with Crippen LogP contribution in [0.3, 0.4) is 0 Å². The standard InChI is InChI=1S/C12H11N5O/c1-7-4-10(18)9(5-14-7)12-16-15-11-3-2-8(13)6-17(11)12/h2-6H,13H2,1H3,(H,14,18). The molecule has 0 aliphatic heterocycles. The number of nitrogen functional groups attached to an aromatic ring is 1. The predicted molar refractivity (Wildman–Crippen MR) is 68.2 cm³/mol. The number of fused-ring (bicyclic) bond motifs is 1. The van der Waals surface area contributed by atoms with Gasteiger partial charge in [-0.05, 0) is 19.1 Å². The lowest BCUT2D eigenvalue weighted by Gasteiger charge is -2.01. The highest BCUT2D eigenvalue weighted by molar-refractivity contribution is 5.60. The highest BCUT2D eigenvalue weighted by atomic mass is 16.1. The Morgan fingerprint density at radius 2 is 2.17 bits per heavy atom. The first-order chi connectivity index (χ1) is 8.65. The van der Waals surface area contributed by atoms with Gasteiger partial charge in [0, 0.05) is 29.8 Å². The summed E-state index contributed by atoms with van der Waals surface area (Å²) in [6.45, 7) is 1.82. The minimum atomic E-state index is -0.0945. The van der Waals surface area contributed by atoms with Crippen molar-refractivity contribution in [3.63, 3.8) is 0 Å². The van der Waals surface area contributed by atoms with E-state index in [2.05, 4.69) is 15.2 Å². The molecule has 3 heterocycles. The third kappa shape index (κ3) is 1.55. The van der Waals surface area contributed by atoms with E-state index in [9.17, 15) is 4.79 Å². The molecular weight excluding hydrogens is 230 g/mol. The van der Waals surface area contributed by atoms with Crippen LogP contribution in [-0.4, -0.2) is 19.6 Å². The molecule has 3 rings (SSSR count). The summed E-state index contributed by atoms with van der Waals surface area (Å²) in [5.74, 6) is 0.485. The molecule has 0 spiro atoms. The number of nitrogens with two attached hydrogens (primary N) is 1. The van der Waals surface area contributed by atoms with Crippen LogP contribution in [0.15, 0.2) is 35.4 Å². The van der Waals surface area contributed by atoms with Crippen LogP contribution in [-0.2, 0) is 0 Å². The Labute approximate surface area is 102 Å². The number of rotatable bonds is 1. The molecule has 3 aromatic heterocycles. The van der Waals surface area contributed by atoms with Crippen LogP contribution in [0.5, 0.6) is 0 Å². The summed E-state index contributed by atoms with van der Waals surface area (Å²) in [6.07, 6.45) is 3.33. The maximum absolute atomic E-state index is 11.9. The fourth-order valence-electron chi connectivity index (χ4n) is 1.84. The van der Waals surface area contributed by atoms with Gasteiger partial charge in [0.15, 0.2) is 16.9 Å². The second-order valence-electron chi connectivity index (χ2n) is 4.11. The summed E-state index contributed by atoms with van der Waals surface area (Å²) < 4.78 is 1.70. The number of aromatic nitrogens is 4. The Balaban J connectivity index is 2.31. The number of pyridine rings is 2. The lowest BCUT2D eigenvalue weighted by atomic mass is 10.2. The summed E-state index contributed by atoms with van der Waals surface area (Å²) in [5, 5.41) is 8.04. The quantitative estimate of drug-likeness (QED) is 0.664. The molecule has 3 N–H and O–H groups in total. The van der Waals surface area contributed by atoms with E-state index < -0.39 is 0 Å². The molecule has 0 atom stereocenters. The zero-order valence-electron chi connectivity index (χ0n) is 9.71. The predicted octanol–water partition coefficient (Wildman–Crippen LogP) is 0.975. The smallest absolute Gasteiger partial charge is 0.192 e. The van der Waals surface area contributed by atoms with E-state index in [1.54, 1.807) is 28.9 Å². The fourth-order valence-corrected chi connectivity index (χ4v) is 1.84. The number of aryl methyl sites for hydroxylation is 1. The summed E-state index contributed by atoms with van der Waals surface area (Å²) in [6, 6.07) is 5.03. The van der Waals surface area contributed by atoms with Gasteiger partial charge in [0.2, 0.25) is 0 Å². The number of H-pyrrole nitrogens is 1. The Morgan fingerprint density at radius 3 is 2.94 bits per heavy atom.